The number of carbonyl (C=O) groups excluding carboxylic acids is 1. The Morgan fingerprint density at radius 1 is 1.08 bits per heavy atom. The lowest BCUT2D eigenvalue weighted by Crippen LogP contribution is -2.41. The first-order valence-corrected chi connectivity index (χ1v) is 8.41. The fourth-order valence-corrected chi connectivity index (χ4v) is 2.57. The third-order valence-corrected chi connectivity index (χ3v) is 4.84. The van der Waals surface area contributed by atoms with E-state index in [9.17, 15) is 4.79 Å². The molecule has 1 amide bonds. The van der Waals surface area contributed by atoms with Crippen LogP contribution >= 0.6 is 0 Å². The third-order valence-electron chi connectivity index (χ3n) is 4.84. The Morgan fingerprint density at radius 2 is 1.72 bits per heavy atom. The molecule has 0 atom stereocenters. The molecule has 130 valence electrons. The minimum absolute atomic E-state index is 0.172. The molecule has 1 N–H and O–H groups in total. The van der Waals surface area contributed by atoms with Crippen molar-refractivity contribution in [3.8, 4) is 0 Å². The summed E-state index contributed by atoms with van der Waals surface area (Å²) < 4.78 is 12.0. The fourth-order valence-electron chi connectivity index (χ4n) is 2.57. The maximum atomic E-state index is 12.4. The Morgan fingerprint density at radius 3 is 2.36 bits per heavy atom. The maximum absolute atomic E-state index is 12.4. The van der Waals surface area contributed by atoms with E-state index in [-0.39, 0.29) is 5.91 Å². The highest BCUT2D eigenvalue weighted by atomic mass is 16.7. The van der Waals surface area contributed by atoms with Crippen molar-refractivity contribution in [1.82, 2.24) is 10.3 Å². The molecular formula is C19H23BN2O3. The van der Waals surface area contributed by atoms with Crippen LogP contribution < -0.4 is 10.8 Å². The van der Waals surface area contributed by atoms with Crippen LogP contribution in [0.2, 0.25) is 0 Å². The van der Waals surface area contributed by atoms with Gasteiger partial charge >= 0.3 is 7.12 Å². The van der Waals surface area contributed by atoms with Crippen molar-refractivity contribution in [3.05, 3.63) is 59.9 Å². The molecule has 1 aromatic carbocycles. The minimum atomic E-state index is -0.528. The Bertz CT molecular complexity index is 746. The van der Waals surface area contributed by atoms with Gasteiger partial charge in [0.2, 0.25) is 0 Å². The van der Waals surface area contributed by atoms with Crippen LogP contribution in [0.5, 0.6) is 0 Å². The van der Waals surface area contributed by atoms with E-state index >= 15 is 0 Å². The van der Waals surface area contributed by atoms with Crippen LogP contribution in [0.25, 0.3) is 0 Å². The molecule has 0 bridgehead atoms. The average Bonchev–Trinajstić information content (AvgIpc) is 2.81. The van der Waals surface area contributed by atoms with E-state index in [1.165, 1.54) is 0 Å². The van der Waals surface area contributed by atoms with E-state index in [0.29, 0.717) is 12.1 Å². The minimum Gasteiger partial charge on any atom is -0.399 e. The smallest absolute Gasteiger partial charge is 0.399 e. The van der Waals surface area contributed by atoms with E-state index in [1.54, 1.807) is 18.5 Å². The Kier molecular flexibility index (Phi) is 4.67. The lowest BCUT2D eigenvalue weighted by atomic mass is 9.80. The summed E-state index contributed by atoms with van der Waals surface area (Å²) in [5.74, 6) is -0.172. The average molecular weight is 338 g/mol. The van der Waals surface area contributed by atoms with E-state index in [4.69, 9.17) is 9.31 Å². The van der Waals surface area contributed by atoms with Crippen molar-refractivity contribution in [2.45, 2.75) is 45.4 Å². The summed E-state index contributed by atoms with van der Waals surface area (Å²) in [6.45, 7) is 8.46. The van der Waals surface area contributed by atoms with E-state index in [0.717, 1.165) is 11.0 Å². The molecule has 1 aliphatic heterocycles. The molecule has 0 radical (unpaired) electrons. The van der Waals surface area contributed by atoms with Crippen LogP contribution in [0.15, 0.2) is 48.8 Å². The molecule has 0 saturated carbocycles. The number of rotatable bonds is 4. The molecule has 1 aliphatic rings. The summed E-state index contributed by atoms with van der Waals surface area (Å²) in [7, 11) is -0.528. The second-order valence-corrected chi connectivity index (χ2v) is 7.26. The summed E-state index contributed by atoms with van der Waals surface area (Å²) >= 11 is 0. The Balaban J connectivity index is 1.70. The predicted octanol–water partition coefficient (Wildman–Crippen LogP) is 2.31. The van der Waals surface area contributed by atoms with Gasteiger partial charge < -0.3 is 14.6 Å². The molecule has 0 aliphatic carbocycles. The zero-order valence-electron chi connectivity index (χ0n) is 15.1. The SMILES string of the molecule is CC1(C)OB(c2cncc(C(=O)NCc3ccccc3)c2)OC1(C)C. The van der Waals surface area contributed by atoms with Gasteiger partial charge in [0.25, 0.3) is 5.91 Å². The molecule has 3 rings (SSSR count). The molecule has 0 spiro atoms. The second-order valence-electron chi connectivity index (χ2n) is 7.26. The van der Waals surface area contributed by atoms with Crippen LogP contribution in [0.3, 0.4) is 0 Å². The molecular weight excluding hydrogens is 315 g/mol. The molecule has 5 nitrogen and oxygen atoms in total. The largest absolute Gasteiger partial charge is 0.496 e. The maximum Gasteiger partial charge on any atom is 0.496 e. The Labute approximate surface area is 148 Å². The van der Waals surface area contributed by atoms with Gasteiger partial charge in [-0.3, -0.25) is 9.78 Å². The number of amides is 1. The zero-order valence-corrected chi connectivity index (χ0v) is 15.1. The monoisotopic (exact) mass is 338 g/mol. The molecule has 2 heterocycles. The van der Waals surface area contributed by atoms with Gasteiger partial charge in [-0.05, 0) is 39.3 Å². The first kappa shape index (κ1) is 17.6. The van der Waals surface area contributed by atoms with Crippen LogP contribution in [-0.2, 0) is 15.9 Å². The topological polar surface area (TPSA) is 60.5 Å². The van der Waals surface area contributed by atoms with Crippen LogP contribution in [0.4, 0.5) is 0 Å². The molecule has 6 heteroatoms. The number of hydrogen-bond acceptors (Lipinski definition) is 4. The van der Waals surface area contributed by atoms with Crippen LogP contribution in [-0.4, -0.2) is 29.2 Å². The van der Waals surface area contributed by atoms with Gasteiger partial charge in [0.1, 0.15) is 0 Å². The first-order valence-electron chi connectivity index (χ1n) is 8.41. The van der Waals surface area contributed by atoms with Gasteiger partial charge in [-0.2, -0.15) is 0 Å². The van der Waals surface area contributed by atoms with Gasteiger partial charge in [-0.25, -0.2) is 0 Å². The number of nitrogens with one attached hydrogen (secondary N) is 1. The summed E-state index contributed by atoms with van der Waals surface area (Å²) in [4.78, 5) is 16.6. The zero-order chi connectivity index (χ0) is 18.1. The number of nitrogens with zero attached hydrogens (tertiary/aromatic N) is 1. The highest BCUT2D eigenvalue weighted by Gasteiger charge is 2.51. The van der Waals surface area contributed by atoms with Crippen molar-refractivity contribution in [1.29, 1.82) is 0 Å². The lowest BCUT2D eigenvalue weighted by molar-refractivity contribution is 0.00578. The van der Waals surface area contributed by atoms with Gasteiger partial charge in [0.15, 0.2) is 0 Å². The molecule has 1 saturated heterocycles. The van der Waals surface area contributed by atoms with Crippen molar-refractivity contribution >= 4 is 18.5 Å². The quantitative estimate of drug-likeness (QED) is 0.869. The highest BCUT2D eigenvalue weighted by molar-refractivity contribution is 6.62. The summed E-state index contributed by atoms with van der Waals surface area (Å²) in [5, 5.41) is 2.90. The third kappa shape index (κ3) is 3.75. The van der Waals surface area contributed by atoms with Gasteiger partial charge in [-0.15, -0.1) is 0 Å². The van der Waals surface area contributed by atoms with Crippen molar-refractivity contribution < 1.29 is 14.1 Å². The number of carbonyl (C=O) groups is 1. The molecule has 0 unspecified atom stereocenters. The second kappa shape index (κ2) is 6.62. The number of aromatic nitrogens is 1. The molecule has 1 fully saturated rings. The van der Waals surface area contributed by atoms with Crippen molar-refractivity contribution in [2.24, 2.45) is 0 Å². The highest BCUT2D eigenvalue weighted by Crippen LogP contribution is 2.36. The van der Waals surface area contributed by atoms with E-state index < -0.39 is 18.3 Å². The lowest BCUT2D eigenvalue weighted by Gasteiger charge is -2.32. The van der Waals surface area contributed by atoms with Gasteiger partial charge in [0.05, 0.1) is 16.8 Å². The summed E-state index contributed by atoms with van der Waals surface area (Å²) in [5.41, 5.74) is 1.42. The Hall–Kier alpha value is -2.18. The van der Waals surface area contributed by atoms with Crippen LogP contribution in [0.1, 0.15) is 43.6 Å². The summed E-state index contributed by atoms with van der Waals surface area (Å²) in [6.07, 6.45) is 3.23. The van der Waals surface area contributed by atoms with Crippen molar-refractivity contribution in [3.63, 3.8) is 0 Å². The van der Waals surface area contributed by atoms with E-state index in [2.05, 4.69) is 10.3 Å². The normalized spacial score (nSPS) is 18.2. The van der Waals surface area contributed by atoms with Crippen LogP contribution in [0, 0.1) is 0 Å². The number of benzene rings is 1. The standard InChI is InChI=1S/C19H23BN2O3/c1-18(2)19(3,4)25-20(24-18)16-10-15(12-21-13-16)17(23)22-11-14-8-6-5-7-9-14/h5-10,12-13H,11H2,1-4H3,(H,22,23). The molecule has 25 heavy (non-hydrogen) atoms. The molecule has 2 aromatic rings. The summed E-state index contributed by atoms with van der Waals surface area (Å²) in [6, 6.07) is 11.6. The first-order chi connectivity index (χ1) is 11.8. The number of hydrogen-bond donors (Lipinski definition) is 1. The van der Waals surface area contributed by atoms with Gasteiger partial charge in [0, 0.05) is 24.4 Å². The number of pyridine rings is 1. The fraction of sp³-hybridized carbons (Fsp3) is 0.368. The van der Waals surface area contributed by atoms with Gasteiger partial charge in [-0.1, -0.05) is 30.3 Å². The van der Waals surface area contributed by atoms with E-state index in [1.807, 2.05) is 58.0 Å². The predicted molar refractivity (Wildman–Crippen MR) is 97.6 cm³/mol. The van der Waals surface area contributed by atoms with Crippen molar-refractivity contribution in [2.75, 3.05) is 0 Å². The molecule has 1 aromatic heterocycles.